The second-order valence-corrected chi connectivity index (χ2v) is 7.87. The largest absolute Gasteiger partial charge is 0.379 e. The van der Waals surface area contributed by atoms with Crippen molar-refractivity contribution in [3.63, 3.8) is 0 Å². The quantitative estimate of drug-likeness (QED) is 0.622. The lowest BCUT2D eigenvalue weighted by atomic mass is 10.1. The average Bonchev–Trinajstić information content (AvgIpc) is 3.17. The number of carbonyl (C=O) groups excluding carboxylic acids is 1. The van der Waals surface area contributed by atoms with Gasteiger partial charge in [0.25, 0.3) is 11.7 Å². The SMILES string of the molecule is Cc1cc(C)n2nc(C(=O)N(Cc3ccccc3)C(C)CN3CCOCC3)nc2n1. The first-order chi connectivity index (χ1) is 14.5. The van der Waals surface area contributed by atoms with Gasteiger partial charge in [-0.25, -0.2) is 9.50 Å². The molecule has 0 saturated carbocycles. The Balaban J connectivity index is 1.62. The number of amides is 1. The van der Waals surface area contributed by atoms with Gasteiger partial charge in [0, 0.05) is 43.6 Å². The summed E-state index contributed by atoms with van der Waals surface area (Å²) in [7, 11) is 0. The van der Waals surface area contributed by atoms with Crippen LogP contribution in [0, 0.1) is 13.8 Å². The summed E-state index contributed by atoms with van der Waals surface area (Å²) in [5.41, 5.74) is 2.84. The van der Waals surface area contributed by atoms with E-state index in [2.05, 4.69) is 26.9 Å². The first-order valence-corrected chi connectivity index (χ1v) is 10.4. The van der Waals surface area contributed by atoms with E-state index in [9.17, 15) is 4.79 Å². The minimum absolute atomic E-state index is 0.00166. The summed E-state index contributed by atoms with van der Waals surface area (Å²) in [6.07, 6.45) is 0. The van der Waals surface area contributed by atoms with E-state index in [1.807, 2.05) is 55.1 Å². The first kappa shape index (κ1) is 20.4. The fourth-order valence-corrected chi connectivity index (χ4v) is 3.85. The summed E-state index contributed by atoms with van der Waals surface area (Å²) < 4.78 is 7.09. The number of aromatic nitrogens is 4. The van der Waals surface area contributed by atoms with Crippen LogP contribution < -0.4 is 0 Å². The summed E-state index contributed by atoms with van der Waals surface area (Å²) in [6.45, 7) is 10.5. The molecule has 3 aromatic rings. The van der Waals surface area contributed by atoms with E-state index >= 15 is 0 Å². The predicted molar refractivity (Wildman–Crippen MR) is 113 cm³/mol. The minimum atomic E-state index is -0.179. The zero-order chi connectivity index (χ0) is 21.1. The van der Waals surface area contributed by atoms with E-state index in [0.29, 0.717) is 12.3 Å². The lowest BCUT2D eigenvalue weighted by molar-refractivity contribution is 0.0226. The molecule has 1 aliphatic rings. The van der Waals surface area contributed by atoms with Gasteiger partial charge in [0.2, 0.25) is 5.82 Å². The van der Waals surface area contributed by atoms with Crippen molar-refractivity contribution in [3.8, 4) is 0 Å². The van der Waals surface area contributed by atoms with Gasteiger partial charge >= 0.3 is 0 Å². The number of carbonyl (C=O) groups is 1. The molecule has 3 heterocycles. The summed E-state index contributed by atoms with van der Waals surface area (Å²) in [5, 5.41) is 4.46. The standard InChI is InChI=1S/C22H28N6O2/c1-16-13-17(2)28-22(23-16)24-20(25-28)21(29)27(15-19-7-5-4-6-8-19)18(3)14-26-9-11-30-12-10-26/h4-8,13,18H,9-12,14-15H2,1-3H3. The number of fused-ring (bicyclic) bond motifs is 1. The third-order valence-electron chi connectivity index (χ3n) is 5.42. The molecule has 8 heteroatoms. The van der Waals surface area contributed by atoms with Crippen LogP contribution in [0.4, 0.5) is 0 Å². The van der Waals surface area contributed by atoms with Crippen LogP contribution in [0.2, 0.25) is 0 Å². The van der Waals surface area contributed by atoms with Crippen LogP contribution in [0.3, 0.4) is 0 Å². The van der Waals surface area contributed by atoms with Crippen LogP contribution >= 0.6 is 0 Å². The number of benzene rings is 1. The Hall–Kier alpha value is -2.84. The summed E-state index contributed by atoms with van der Waals surface area (Å²) in [5.74, 6) is 0.458. The molecule has 0 radical (unpaired) electrons. The Labute approximate surface area is 176 Å². The molecule has 0 N–H and O–H groups in total. The highest BCUT2D eigenvalue weighted by atomic mass is 16.5. The predicted octanol–water partition coefficient (Wildman–Crippen LogP) is 2.10. The topological polar surface area (TPSA) is 75.9 Å². The Kier molecular flexibility index (Phi) is 6.06. The zero-order valence-corrected chi connectivity index (χ0v) is 17.8. The molecule has 1 aliphatic heterocycles. The molecular weight excluding hydrogens is 380 g/mol. The molecule has 2 aromatic heterocycles. The molecule has 1 saturated heterocycles. The van der Waals surface area contributed by atoms with Gasteiger partial charge in [-0.15, -0.1) is 5.10 Å². The molecule has 8 nitrogen and oxygen atoms in total. The lowest BCUT2D eigenvalue weighted by Gasteiger charge is -2.34. The van der Waals surface area contributed by atoms with E-state index < -0.39 is 0 Å². The fraction of sp³-hybridized carbons (Fsp3) is 0.455. The highest BCUT2D eigenvalue weighted by molar-refractivity contribution is 5.91. The summed E-state index contributed by atoms with van der Waals surface area (Å²) in [6, 6.07) is 12.0. The Morgan fingerprint density at radius 2 is 1.90 bits per heavy atom. The molecule has 1 fully saturated rings. The van der Waals surface area contributed by atoms with Crippen molar-refractivity contribution in [1.29, 1.82) is 0 Å². The van der Waals surface area contributed by atoms with E-state index in [0.717, 1.165) is 49.8 Å². The van der Waals surface area contributed by atoms with Crippen LogP contribution in [-0.4, -0.2) is 74.2 Å². The highest BCUT2D eigenvalue weighted by Crippen LogP contribution is 2.15. The van der Waals surface area contributed by atoms with Gasteiger partial charge in [0.05, 0.1) is 13.2 Å². The number of morpholine rings is 1. The lowest BCUT2D eigenvalue weighted by Crippen LogP contribution is -2.48. The van der Waals surface area contributed by atoms with Gasteiger partial charge in [-0.05, 0) is 32.4 Å². The monoisotopic (exact) mass is 408 g/mol. The molecule has 1 aromatic carbocycles. The van der Waals surface area contributed by atoms with Gasteiger partial charge in [0.1, 0.15) is 0 Å². The van der Waals surface area contributed by atoms with E-state index in [1.165, 1.54) is 0 Å². The molecule has 1 unspecified atom stereocenters. The van der Waals surface area contributed by atoms with E-state index in [-0.39, 0.29) is 17.8 Å². The molecule has 0 bridgehead atoms. The van der Waals surface area contributed by atoms with Crippen molar-refractivity contribution in [1.82, 2.24) is 29.4 Å². The Bertz CT molecular complexity index is 1010. The first-order valence-electron chi connectivity index (χ1n) is 10.4. The second kappa shape index (κ2) is 8.89. The highest BCUT2D eigenvalue weighted by Gasteiger charge is 2.27. The van der Waals surface area contributed by atoms with Crippen molar-refractivity contribution in [2.45, 2.75) is 33.4 Å². The van der Waals surface area contributed by atoms with Crippen LogP contribution in [0.1, 0.15) is 34.5 Å². The van der Waals surface area contributed by atoms with Gasteiger partial charge in [-0.2, -0.15) is 4.98 Å². The van der Waals surface area contributed by atoms with Gasteiger partial charge < -0.3 is 9.64 Å². The minimum Gasteiger partial charge on any atom is -0.379 e. The molecule has 1 atom stereocenters. The number of ether oxygens (including phenoxy) is 1. The molecule has 30 heavy (non-hydrogen) atoms. The maximum absolute atomic E-state index is 13.5. The molecule has 4 rings (SSSR count). The molecular formula is C22H28N6O2. The Morgan fingerprint density at radius 1 is 1.17 bits per heavy atom. The van der Waals surface area contributed by atoms with Gasteiger partial charge in [-0.3, -0.25) is 9.69 Å². The second-order valence-electron chi connectivity index (χ2n) is 7.87. The van der Waals surface area contributed by atoms with Crippen LogP contribution in [0.15, 0.2) is 36.4 Å². The van der Waals surface area contributed by atoms with Gasteiger partial charge in [0.15, 0.2) is 0 Å². The molecule has 1 amide bonds. The summed E-state index contributed by atoms with van der Waals surface area (Å²) >= 11 is 0. The maximum atomic E-state index is 13.5. The Morgan fingerprint density at radius 3 is 2.63 bits per heavy atom. The number of nitrogens with zero attached hydrogens (tertiary/aromatic N) is 6. The van der Waals surface area contributed by atoms with Gasteiger partial charge in [-0.1, -0.05) is 30.3 Å². The van der Waals surface area contributed by atoms with Crippen molar-refractivity contribution in [2.75, 3.05) is 32.8 Å². The molecule has 0 spiro atoms. The van der Waals surface area contributed by atoms with Crippen molar-refractivity contribution < 1.29 is 9.53 Å². The number of rotatable bonds is 6. The maximum Gasteiger partial charge on any atom is 0.294 e. The van der Waals surface area contributed by atoms with Crippen molar-refractivity contribution in [2.24, 2.45) is 0 Å². The number of hydrogen-bond donors (Lipinski definition) is 0. The summed E-state index contributed by atoms with van der Waals surface area (Å²) in [4.78, 5) is 26.6. The number of hydrogen-bond acceptors (Lipinski definition) is 6. The van der Waals surface area contributed by atoms with Crippen LogP contribution in [0.25, 0.3) is 5.78 Å². The normalized spacial score (nSPS) is 16.0. The fourth-order valence-electron chi connectivity index (χ4n) is 3.85. The third-order valence-corrected chi connectivity index (χ3v) is 5.42. The smallest absolute Gasteiger partial charge is 0.294 e. The van der Waals surface area contributed by atoms with Crippen molar-refractivity contribution in [3.05, 3.63) is 59.2 Å². The van der Waals surface area contributed by atoms with E-state index in [1.54, 1.807) is 4.52 Å². The average molecular weight is 409 g/mol. The third kappa shape index (κ3) is 4.49. The molecule has 0 aliphatic carbocycles. The molecule has 158 valence electrons. The van der Waals surface area contributed by atoms with Crippen molar-refractivity contribution >= 4 is 11.7 Å². The van der Waals surface area contributed by atoms with Crippen LogP contribution in [0.5, 0.6) is 0 Å². The van der Waals surface area contributed by atoms with E-state index in [4.69, 9.17) is 4.74 Å². The zero-order valence-electron chi connectivity index (χ0n) is 17.8. The van der Waals surface area contributed by atoms with Crippen LogP contribution in [-0.2, 0) is 11.3 Å². The number of aryl methyl sites for hydroxylation is 2.